The fourth-order valence-corrected chi connectivity index (χ4v) is 3.16. The maximum absolute atomic E-state index is 13.3. The quantitative estimate of drug-likeness (QED) is 0.726. The third kappa shape index (κ3) is 3.63. The van der Waals surface area contributed by atoms with E-state index in [9.17, 15) is 18.0 Å². The molecule has 7 nitrogen and oxygen atoms in total. The number of amides is 1. The number of halogens is 3. The van der Waals surface area contributed by atoms with Gasteiger partial charge in [-0.15, -0.1) is 0 Å². The molecular weight excluding hydrogens is 385 g/mol. The molecule has 0 radical (unpaired) electrons. The minimum Gasteiger partial charge on any atom is -0.340 e. The molecule has 1 saturated carbocycles. The highest BCUT2D eigenvalue weighted by Crippen LogP contribution is 2.40. The Morgan fingerprint density at radius 1 is 1.31 bits per heavy atom. The van der Waals surface area contributed by atoms with Crippen LogP contribution in [0.1, 0.15) is 34.6 Å². The van der Waals surface area contributed by atoms with Crippen molar-refractivity contribution < 1.29 is 18.0 Å². The van der Waals surface area contributed by atoms with Gasteiger partial charge < -0.3 is 5.32 Å². The molecule has 1 atom stereocenters. The minimum absolute atomic E-state index is 0.0544. The van der Waals surface area contributed by atoms with Crippen molar-refractivity contribution in [3.8, 4) is 17.5 Å². The van der Waals surface area contributed by atoms with E-state index < -0.39 is 24.0 Å². The first-order valence-corrected chi connectivity index (χ1v) is 8.88. The maximum atomic E-state index is 13.3. The van der Waals surface area contributed by atoms with Gasteiger partial charge >= 0.3 is 6.18 Å². The number of aryl methyl sites for hydroxylation is 1. The Hall–Kier alpha value is -3.48. The second-order valence-corrected chi connectivity index (χ2v) is 6.93. The van der Waals surface area contributed by atoms with E-state index in [0.717, 1.165) is 0 Å². The van der Waals surface area contributed by atoms with Gasteiger partial charge in [0.25, 0.3) is 5.91 Å². The zero-order valence-electron chi connectivity index (χ0n) is 15.2. The number of nitriles is 1. The highest BCUT2D eigenvalue weighted by Gasteiger charge is 2.49. The molecule has 0 bridgehead atoms. The number of alkyl halides is 3. The van der Waals surface area contributed by atoms with Gasteiger partial charge in [0.05, 0.1) is 17.6 Å². The van der Waals surface area contributed by atoms with Crippen LogP contribution in [0, 0.1) is 24.2 Å². The fourth-order valence-electron chi connectivity index (χ4n) is 3.16. The van der Waals surface area contributed by atoms with Crippen LogP contribution < -0.4 is 5.32 Å². The maximum Gasteiger partial charge on any atom is 0.408 e. The van der Waals surface area contributed by atoms with E-state index in [1.54, 1.807) is 31.2 Å². The van der Waals surface area contributed by atoms with Gasteiger partial charge in [0.2, 0.25) is 0 Å². The summed E-state index contributed by atoms with van der Waals surface area (Å²) in [5.74, 6) is -1.47. The van der Waals surface area contributed by atoms with Gasteiger partial charge in [0.15, 0.2) is 5.65 Å². The van der Waals surface area contributed by atoms with Crippen molar-refractivity contribution in [1.82, 2.24) is 24.9 Å². The second-order valence-electron chi connectivity index (χ2n) is 6.93. The third-order valence-electron chi connectivity index (χ3n) is 4.75. The van der Waals surface area contributed by atoms with Gasteiger partial charge in [0, 0.05) is 5.69 Å². The zero-order chi connectivity index (χ0) is 20.8. The molecule has 0 aromatic carbocycles. The van der Waals surface area contributed by atoms with Crippen LogP contribution in [0.15, 0.2) is 30.5 Å². The molecule has 3 heterocycles. The summed E-state index contributed by atoms with van der Waals surface area (Å²) < 4.78 is 41.2. The first-order chi connectivity index (χ1) is 13.8. The summed E-state index contributed by atoms with van der Waals surface area (Å²) in [6.07, 6.45) is -2.45. The van der Waals surface area contributed by atoms with Crippen molar-refractivity contribution >= 4 is 11.6 Å². The molecule has 1 N–H and O–H groups in total. The highest BCUT2D eigenvalue weighted by molar-refractivity contribution is 6.00. The number of rotatable bonds is 4. The monoisotopic (exact) mass is 400 g/mol. The summed E-state index contributed by atoms with van der Waals surface area (Å²) in [5.41, 5.74) is 1.68. The number of aromatic nitrogens is 4. The number of nitrogens with zero attached hydrogens (tertiary/aromatic N) is 5. The van der Waals surface area contributed by atoms with Crippen molar-refractivity contribution in [1.29, 1.82) is 5.26 Å². The van der Waals surface area contributed by atoms with E-state index in [-0.39, 0.29) is 16.9 Å². The Labute approximate surface area is 163 Å². The third-order valence-corrected chi connectivity index (χ3v) is 4.75. The number of hydrogen-bond acceptors (Lipinski definition) is 5. The van der Waals surface area contributed by atoms with Gasteiger partial charge in [0.1, 0.15) is 23.4 Å². The summed E-state index contributed by atoms with van der Waals surface area (Å²) in [5, 5.41) is 15.2. The predicted octanol–water partition coefficient (Wildman–Crippen LogP) is 3.04. The SMILES string of the molecule is Cc1cc(-c2cccc(C#N)n2)nc2c(C(=O)NC(C3CC3)C(F)(F)F)cnn12. The van der Waals surface area contributed by atoms with Crippen LogP contribution in [0.4, 0.5) is 13.2 Å². The van der Waals surface area contributed by atoms with Crippen LogP contribution in [-0.2, 0) is 0 Å². The van der Waals surface area contributed by atoms with Crippen LogP contribution in [0.25, 0.3) is 17.0 Å². The molecule has 1 amide bonds. The molecule has 3 aromatic rings. The number of nitrogens with one attached hydrogen (secondary N) is 1. The van der Waals surface area contributed by atoms with Crippen molar-refractivity contribution in [2.24, 2.45) is 5.92 Å². The van der Waals surface area contributed by atoms with Gasteiger partial charge in [-0.25, -0.2) is 14.5 Å². The van der Waals surface area contributed by atoms with Crippen molar-refractivity contribution in [2.75, 3.05) is 0 Å². The normalized spacial score (nSPS) is 15.1. The molecule has 1 unspecified atom stereocenters. The minimum atomic E-state index is -4.52. The smallest absolute Gasteiger partial charge is 0.340 e. The zero-order valence-corrected chi connectivity index (χ0v) is 15.2. The summed E-state index contributed by atoms with van der Waals surface area (Å²) in [7, 11) is 0. The average molecular weight is 400 g/mol. The van der Waals surface area contributed by atoms with Crippen LogP contribution >= 0.6 is 0 Å². The summed E-state index contributed by atoms with van der Waals surface area (Å²) >= 11 is 0. The van der Waals surface area contributed by atoms with Crippen molar-refractivity contribution in [2.45, 2.75) is 32.0 Å². The predicted molar refractivity (Wildman–Crippen MR) is 95.7 cm³/mol. The molecule has 1 fully saturated rings. The highest BCUT2D eigenvalue weighted by atomic mass is 19.4. The molecule has 1 aliphatic carbocycles. The van der Waals surface area contributed by atoms with E-state index in [4.69, 9.17) is 5.26 Å². The van der Waals surface area contributed by atoms with Crippen LogP contribution in [0.5, 0.6) is 0 Å². The molecule has 148 valence electrons. The van der Waals surface area contributed by atoms with E-state index in [1.165, 1.54) is 10.7 Å². The molecule has 0 saturated heterocycles. The molecule has 29 heavy (non-hydrogen) atoms. The lowest BCUT2D eigenvalue weighted by Crippen LogP contribution is -2.46. The van der Waals surface area contributed by atoms with Crippen molar-refractivity contribution in [3.63, 3.8) is 0 Å². The Morgan fingerprint density at radius 3 is 2.72 bits per heavy atom. The van der Waals surface area contributed by atoms with Crippen LogP contribution in [0.2, 0.25) is 0 Å². The molecular formula is C19H15F3N6O. The molecule has 0 aliphatic heterocycles. The summed E-state index contributed by atoms with van der Waals surface area (Å²) in [6.45, 7) is 1.73. The van der Waals surface area contributed by atoms with Crippen molar-refractivity contribution in [3.05, 3.63) is 47.4 Å². The van der Waals surface area contributed by atoms with E-state index in [2.05, 4.69) is 20.4 Å². The summed E-state index contributed by atoms with van der Waals surface area (Å²) in [4.78, 5) is 21.2. The lowest BCUT2D eigenvalue weighted by molar-refractivity contribution is -0.158. The molecule has 10 heteroatoms. The molecule has 1 aliphatic rings. The van der Waals surface area contributed by atoms with E-state index >= 15 is 0 Å². The largest absolute Gasteiger partial charge is 0.408 e. The fraction of sp³-hybridized carbons (Fsp3) is 0.316. The Morgan fingerprint density at radius 2 is 2.07 bits per heavy atom. The van der Waals surface area contributed by atoms with Gasteiger partial charge in [-0.1, -0.05) is 6.07 Å². The number of carbonyl (C=O) groups is 1. The Balaban J connectivity index is 1.73. The number of carbonyl (C=O) groups excluding carboxylic acids is 1. The van der Waals surface area contributed by atoms with Crippen LogP contribution in [-0.4, -0.2) is 37.7 Å². The standard InChI is InChI=1S/C19H15F3N6O/c1-10-7-15(14-4-2-3-12(8-23)25-14)26-17-13(9-24-28(10)17)18(29)27-16(11-5-6-11)19(20,21)22/h2-4,7,9,11,16H,5-6H2,1H3,(H,27,29). The Bertz CT molecular complexity index is 1140. The lowest BCUT2D eigenvalue weighted by atomic mass is 10.1. The summed E-state index contributed by atoms with van der Waals surface area (Å²) in [6, 6.07) is 6.57. The Kier molecular flexibility index (Phi) is 4.45. The second kappa shape index (κ2) is 6.84. The van der Waals surface area contributed by atoms with E-state index in [0.29, 0.717) is 29.9 Å². The first kappa shape index (κ1) is 18.9. The average Bonchev–Trinajstić information content (AvgIpc) is 3.42. The number of fused-ring (bicyclic) bond motifs is 1. The van der Waals surface area contributed by atoms with E-state index in [1.807, 2.05) is 6.07 Å². The first-order valence-electron chi connectivity index (χ1n) is 8.88. The number of hydrogen-bond donors (Lipinski definition) is 1. The number of pyridine rings is 1. The van der Waals surface area contributed by atoms with Gasteiger partial charge in [-0.3, -0.25) is 4.79 Å². The van der Waals surface area contributed by atoms with Gasteiger partial charge in [-0.05, 0) is 43.9 Å². The van der Waals surface area contributed by atoms with Gasteiger partial charge in [-0.2, -0.15) is 23.5 Å². The molecule has 4 rings (SSSR count). The molecule has 3 aromatic heterocycles. The topological polar surface area (TPSA) is 96.0 Å². The lowest BCUT2D eigenvalue weighted by Gasteiger charge is -2.20. The molecule has 0 spiro atoms. The van der Waals surface area contributed by atoms with Crippen LogP contribution in [0.3, 0.4) is 0 Å².